The highest BCUT2D eigenvalue weighted by atomic mass is 16.5. The molecule has 1 aliphatic heterocycles. The normalized spacial score (nSPS) is 15.3. The van der Waals surface area contributed by atoms with Gasteiger partial charge in [-0.1, -0.05) is 12.1 Å². The lowest BCUT2D eigenvalue weighted by molar-refractivity contribution is 0.164. The number of aromatic amines is 1. The summed E-state index contributed by atoms with van der Waals surface area (Å²) in [7, 11) is 0. The molecule has 3 N–H and O–H groups in total. The Bertz CT molecular complexity index is 1090. The van der Waals surface area contributed by atoms with Gasteiger partial charge in [-0.15, -0.1) is 0 Å². The Balaban J connectivity index is 1.45. The van der Waals surface area contributed by atoms with Crippen LogP contribution < -0.4 is 15.4 Å². The highest BCUT2D eigenvalue weighted by Gasteiger charge is 2.16. The van der Waals surface area contributed by atoms with Crippen LogP contribution in [0.1, 0.15) is 12.8 Å². The minimum atomic E-state index is 0.228. The number of rotatable bonds is 4. The van der Waals surface area contributed by atoms with Gasteiger partial charge in [0.05, 0.1) is 17.4 Å². The maximum absolute atomic E-state index is 6.25. The van der Waals surface area contributed by atoms with Crippen LogP contribution in [0.25, 0.3) is 21.9 Å². The fourth-order valence-corrected chi connectivity index (χ4v) is 3.42. The van der Waals surface area contributed by atoms with Gasteiger partial charge >= 0.3 is 0 Å². The molecule has 1 saturated heterocycles. The summed E-state index contributed by atoms with van der Waals surface area (Å²) in [6.07, 6.45) is 5.76. The second kappa shape index (κ2) is 6.85. The Kier molecular flexibility index (Phi) is 4.06. The van der Waals surface area contributed by atoms with Crippen molar-refractivity contribution in [3.8, 4) is 5.75 Å². The van der Waals surface area contributed by atoms with E-state index in [2.05, 4.69) is 25.6 Å². The number of imidazole rings is 1. The molecule has 1 fully saturated rings. The maximum Gasteiger partial charge on any atom is 0.227 e. The zero-order valence-electron chi connectivity index (χ0n) is 14.8. The Hall–Kier alpha value is -3.19. The van der Waals surface area contributed by atoms with Crippen molar-refractivity contribution in [1.29, 1.82) is 0 Å². The van der Waals surface area contributed by atoms with Gasteiger partial charge in [0, 0.05) is 17.3 Å². The quantitative estimate of drug-likeness (QED) is 0.517. The number of para-hydroxylation sites is 1. The SMILES string of the molecule is c1cc(OC2CCNCC2)c2nc(Nc3ccc4nc[nH]c4c3)ncc2c1. The number of ether oxygens (including phenoxy) is 1. The number of nitrogens with zero attached hydrogens (tertiary/aromatic N) is 3. The van der Waals surface area contributed by atoms with E-state index in [9.17, 15) is 0 Å². The first-order chi connectivity index (χ1) is 13.3. The number of benzene rings is 2. The van der Waals surface area contributed by atoms with Gasteiger partial charge in [-0.05, 0) is 50.2 Å². The van der Waals surface area contributed by atoms with Gasteiger partial charge in [-0.2, -0.15) is 0 Å². The van der Waals surface area contributed by atoms with E-state index in [1.165, 1.54) is 0 Å². The zero-order chi connectivity index (χ0) is 18.1. The van der Waals surface area contributed by atoms with Gasteiger partial charge in [-0.3, -0.25) is 0 Å². The van der Waals surface area contributed by atoms with E-state index in [-0.39, 0.29) is 6.10 Å². The molecular weight excluding hydrogens is 340 g/mol. The Morgan fingerprint density at radius 2 is 2.00 bits per heavy atom. The molecule has 0 spiro atoms. The predicted molar refractivity (Wildman–Crippen MR) is 105 cm³/mol. The van der Waals surface area contributed by atoms with Gasteiger partial charge in [0.25, 0.3) is 0 Å². The molecule has 0 atom stereocenters. The Labute approximate surface area is 156 Å². The number of aromatic nitrogens is 4. The highest BCUT2D eigenvalue weighted by molar-refractivity contribution is 5.85. The third kappa shape index (κ3) is 3.29. The summed E-state index contributed by atoms with van der Waals surface area (Å²) in [6, 6.07) is 11.9. The fourth-order valence-electron chi connectivity index (χ4n) is 3.42. The molecule has 0 saturated carbocycles. The number of hydrogen-bond acceptors (Lipinski definition) is 6. The molecule has 7 nitrogen and oxygen atoms in total. The molecule has 0 amide bonds. The van der Waals surface area contributed by atoms with Crippen molar-refractivity contribution in [2.75, 3.05) is 18.4 Å². The Morgan fingerprint density at radius 3 is 2.93 bits per heavy atom. The van der Waals surface area contributed by atoms with Crippen LogP contribution >= 0.6 is 0 Å². The minimum Gasteiger partial charge on any atom is -0.488 e. The standard InChI is InChI=1S/C20H20N6O/c1-2-13-11-22-20(25-14-4-5-16-17(10-14)24-12-23-16)26-19(13)18(3-1)27-15-6-8-21-9-7-15/h1-5,10-12,15,21H,6-9H2,(H,23,24)(H,22,25,26). The summed E-state index contributed by atoms with van der Waals surface area (Å²) in [5.74, 6) is 1.36. The van der Waals surface area contributed by atoms with E-state index in [1.807, 2.05) is 42.6 Å². The first kappa shape index (κ1) is 16.0. The average molecular weight is 360 g/mol. The molecule has 136 valence electrons. The van der Waals surface area contributed by atoms with E-state index in [4.69, 9.17) is 9.72 Å². The molecule has 7 heteroatoms. The fraction of sp³-hybridized carbons (Fsp3) is 0.250. The van der Waals surface area contributed by atoms with Gasteiger partial charge < -0.3 is 20.4 Å². The van der Waals surface area contributed by atoms with Crippen molar-refractivity contribution >= 4 is 33.6 Å². The predicted octanol–water partition coefficient (Wildman–Crippen LogP) is 3.38. The lowest BCUT2D eigenvalue weighted by Crippen LogP contribution is -2.34. The lowest BCUT2D eigenvalue weighted by atomic mass is 10.1. The van der Waals surface area contributed by atoms with Gasteiger partial charge in [-0.25, -0.2) is 15.0 Å². The van der Waals surface area contributed by atoms with Crippen molar-refractivity contribution in [2.45, 2.75) is 18.9 Å². The minimum absolute atomic E-state index is 0.228. The molecule has 0 unspecified atom stereocenters. The van der Waals surface area contributed by atoms with Crippen molar-refractivity contribution in [1.82, 2.24) is 25.3 Å². The molecule has 0 aliphatic carbocycles. The van der Waals surface area contributed by atoms with E-state index in [0.29, 0.717) is 5.95 Å². The molecule has 27 heavy (non-hydrogen) atoms. The van der Waals surface area contributed by atoms with E-state index in [1.54, 1.807) is 6.33 Å². The van der Waals surface area contributed by atoms with Crippen LogP contribution in [0.2, 0.25) is 0 Å². The first-order valence-electron chi connectivity index (χ1n) is 9.18. The highest BCUT2D eigenvalue weighted by Crippen LogP contribution is 2.27. The molecule has 0 radical (unpaired) electrons. The second-order valence-corrected chi connectivity index (χ2v) is 6.71. The summed E-state index contributed by atoms with van der Waals surface area (Å²) in [4.78, 5) is 16.5. The van der Waals surface area contributed by atoms with Crippen molar-refractivity contribution in [3.05, 3.63) is 48.9 Å². The smallest absolute Gasteiger partial charge is 0.227 e. The van der Waals surface area contributed by atoms with Crippen LogP contribution in [0.3, 0.4) is 0 Å². The number of nitrogens with one attached hydrogen (secondary N) is 3. The van der Waals surface area contributed by atoms with Gasteiger partial charge in [0.1, 0.15) is 17.4 Å². The third-order valence-corrected chi connectivity index (χ3v) is 4.83. The van der Waals surface area contributed by atoms with Crippen LogP contribution in [-0.2, 0) is 0 Å². The number of H-pyrrole nitrogens is 1. The van der Waals surface area contributed by atoms with Crippen LogP contribution in [0, 0.1) is 0 Å². The van der Waals surface area contributed by atoms with Crippen molar-refractivity contribution in [2.24, 2.45) is 0 Å². The van der Waals surface area contributed by atoms with Crippen LogP contribution in [0.15, 0.2) is 48.9 Å². The molecular formula is C20H20N6O. The average Bonchev–Trinajstić information content (AvgIpc) is 3.17. The Morgan fingerprint density at radius 1 is 1.07 bits per heavy atom. The van der Waals surface area contributed by atoms with E-state index in [0.717, 1.165) is 59.3 Å². The zero-order valence-corrected chi connectivity index (χ0v) is 14.8. The second-order valence-electron chi connectivity index (χ2n) is 6.71. The maximum atomic E-state index is 6.25. The van der Waals surface area contributed by atoms with Crippen LogP contribution in [0.5, 0.6) is 5.75 Å². The monoisotopic (exact) mass is 360 g/mol. The number of hydrogen-bond donors (Lipinski definition) is 3. The molecule has 4 aromatic rings. The molecule has 5 rings (SSSR count). The molecule has 3 heterocycles. The largest absolute Gasteiger partial charge is 0.488 e. The summed E-state index contributed by atoms with van der Waals surface area (Å²) in [6.45, 7) is 1.99. The number of piperidine rings is 1. The summed E-state index contributed by atoms with van der Waals surface area (Å²) < 4.78 is 6.25. The summed E-state index contributed by atoms with van der Waals surface area (Å²) >= 11 is 0. The third-order valence-electron chi connectivity index (χ3n) is 4.83. The molecule has 0 bridgehead atoms. The van der Waals surface area contributed by atoms with Gasteiger partial charge in [0.15, 0.2) is 0 Å². The summed E-state index contributed by atoms with van der Waals surface area (Å²) in [5.41, 5.74) is 3.63. The summed E-state index contributed by atoms with van der Waals surface area (Å²) in [5, 5.41) is 7.60. The number of fused-ring (bicyclic) bond motifs is 2. The molecule has 1 aliphatic rings. The lowest BCUT2D eigenvalue weighted by Gasteiger charge is -2.24. The van der Waals surface area contributed by atoms with Crippen LogP contribution in [-0.4, -0.2) is 39.1 Å². The first-order valence-corrected chi connectivity index (χ1v) is 9.18. The van der Waals surface area contributed by atoms with Crippen LogP contribution in [0.4, 0.5) is 11.6 Å². The number of anilines is 2. The van der Waals surface area contributed by atoms with Crippen molar-refractivity contribution in [3.63, 3.8) is 0 Å². The molecule has 2 aromatic carbocycles. The van der Waals surface area contributed by atoms with E-state index >= 15 is 0 Å². The topological polar surface area (TPSA) is 87.8 Å². The van der Waals surface area contributed by atoms with E-state index < -0.39 is 0 Å². The van der Waals surface area contributed by atoms with Crippen molar-refractivity contribution < 1.29 is 4.74 Å². The molecule has 2 aromatic heterocycles. The van der Waals surface area contributed by atoms with Gasteiger partial charge in [0.2, 0.25) is 5.95 Å².